The molecule has 0 atom stereocenters. The van der Waals surface area contributed by atoms with Crippen molar-refractivity contribution in [3.05, 3.63) is 72.3 Å². The fourth-order valence-electron chi connectivity index (χ4n) is 4.61. The van der Waals surface area contributed by atoms with Crippen molar-refractivity contribution in [1.29, 1.82) is 0 Å². The van der Waals surface area contributed by atoms with Crippen molar-refractivity contribution < 1.29 is 8.42 Å². The van der Waals surface area contributed by atoms with Crippen LogP contribution in [0, 0.1) is 0 Å². The molecular weight excluding hydrogens is 406 g/mol. The van der Waals surface area contributed by atoms with Crippen LogP contribution >= 0.6 is 0 Å². The number of nitrogens with one attached hydrogen (secondary N) is 1. The average molecular weight is 436 g/mol. The third kappa shape index (κ3) is 4.07. The largest absolute Gasteiger partial charge is 0.369 e. The molecule has 0 aromatic heterocycles. The van der Waals surface area contributed by atoms with Crippen LogP contribution in [0.4, 0.5) is 5.69 Å². The van der Waals surface area contributed by atoms with Crippen molar-refractivity contribution in [3.8, 4) is 0 Å². The molecule has 1 aliphatic heterocycles. The van der Waals surface area contributed by atoms with Crippen molar-refractivity contribution in [2.75, 3.05) is 44.7 Å². The Hall–Kier alpha value is -2.41. The molecule has 3 aromatic carbocycles. The summed E-state index contributed by atoms with van der Waals surface area (Å²) in [5, 5.41) is 2.42. The van der Waals surface area contributed by atoms with E-state index < -0.39 is 10.0 Å². The molecule has 0 unspecified atom stereocenters. The number of nitrogens with zero attached hydrogens (tertiary/aromatic N) is 2. The van der Waals surface area contributed by atoms with Crippen molar-refractivity contribution in [3.63, 3.8) is 0 Å². The number of anilines is 1. The van der Waals surface area contributed by atoms with Gasteiger partial charge in [0.05, 0.1) is 4.90 Å². The molecule has 162 valence electrons. The van der Waals surface area contributed by atoms with E-state index in [2.05, 4.69) is 58.0 Å². The molecule has 1 aliphatic carbocycles. The van der Waals surface area contributed by atoms with Gasteiger partial charge in [-0.3, -0.25) is 0 Å². The van der Waals surface area contributed by atoms with Gasteiger partial charge in [0.1, 0.15) is 0 Å². The number of rotatable bonds is 6. The Bertz CT molecular complexity index is 1190. The fraction of sp³-hybridized carbons (Fsp3) is 0.360. The molecular formula is C25H29N3O2S. The van der Waals surface area contributed by atoms with Gasteiger partial charge in [0, 0.05) is 43.8 Å². The molecule has 0 radical (unpaired) electrons. The van der Waals surface area contributed by atoms with Crippen LogP contribution in [0.1, 0.15) is 18.4 Å². The Balaban J connectivity index is 1.35. The SMILES string of the molecule is CN1CCN(c2cccc(S(=O)(=O)NCC3(c4cccc5ccccc45)CC3)c2)CC1. The van der Waals surface area contributed by atoms with Gasteiger partial charge in [0.2, 0.25) is 10.0 Å². The van der Waals surface area contributed by atoms with Gasteiger partial charge in [-0.1, -0.05) is 48.5 Å². The van der Waals surface area contributed by atoms with E-state index in [0.29, 0.717) is 11.4 Å². The minimum absolute atomic E-state index is 0.108. The molecule has 2 aliphatic rings. The summed E-state index contributed by atoms with van der Waals surface area (Å²) in [6, 6.07) is 22.0. The van der Waals surface area contributed by atoms with Gasteiger partial charge >= 0.3 is 0 Å². The highest BCUT2D eigenvalue weighted by Gasteiger charge is 2.45. The minimum atomic E-state index is -3.57. The first-order valence-electron chi connectivity index (χ1n) is 11.0. The zero-order chi connectivity index (χ0) is 21.5. The van der Waals surface area contributed by atoms with Crippen LogP contribution in [0.3, 0.4) is 0 Å². The second kappa shape index (κ2) is 7.93. The molecule has 3 aromatic rings. The Labute approximate surface area is 184 Å². The Morgan fingerprint density at radius 2 is 1.61 bits per heavy atom. The highest BCUT2D eigenvalue weighted by Crippen LogP contribution is 2.50. The number of piperazine rings is 1. The lowest BCUT2D eigenvalue weighted by Gasteiger charge is -2.34. The lowest BCUT2D eigenvalue weighted by atomic mass is 9.91. The van der Waals surface area contributed by atoms with Crippen LogP contribution in [-0.2, 0) is 15.4 Å². The third-order valence-electron chi connectivity index (χ3n) is 6.81. The maximum absolute atomic E-state index is 13.2. The predicted octanol–water partition coefficient (Wildman–Crippen LogP) is 3.60. The van der Waals surface area contributed by atoms with Gasteiger partial charge in [0.15, 0.2) is 0 Å². The van der Waals surface area contributed by atoms with Gasteiger partial charge in [-0.05, 0) is 54.4 Å². The predicted molar refractivity (Wildman–Crippen MR) is 126 cm³/mol. The topological polar surface area (TPSA) is 52.7 Å². The van der Waals surface area contributed by atoms with E-state index in [1.807, 2.05) is 24.3 Å². The molecule has 31 heavy (non-hydrogen) atoms. The van der Waals surface area contributed by atoms with E-state index >= 15 is 0 Å². The highest BCUT2D eigenvalue weighted by atomic mass is 32.2. The maximum Gasteiger partial charge on any atom is 0.240 e. The van der Waals surface area contributed by atoms with E-state index in [1.54, 1.807) is 6.07 Å². The molecule has 0 bridgehead atoms. The van der Waals surface area contributed by atoms with E-state index in [4.69, 9.17) is 0 Å². The molecule has 5 rings (SSSR count). The number of likely N-dealkylation sites (N-methyl/N-ethyl adjacent to an activating group) is 1. The van der Waals surface area contributed by atoms with E-state index in [1.165, 1.54) is 16.3 Å². The van der Waals surface area contributed by atoms with Gasteiger partial charge in [-0.15, -0.1) is 0 Å². The third-order valence-corrected chi connectivity index (χ3v) is 8.21. The second-order valence-electron chi connectivity index (χ2n) is 8.92. The van der Waals surface area contributed by atoms with Crippen molar-refractivity contribution >= 4 is 26.5 Å². The zero-order valence-corrected chi connectivity index (χ0v) is 18.7. The summed E-state index contributed by atoms with van der Waals surface area (Å²) in [5.74, 6) is 0. The average Bonchev–Trinajstić information content (AvgIpc) is 3.59. The summed E-state index contributed by atoms with van der Waals surface area (Å²) in [5.41, 5.74) is 2.12. The van der Waals surface area contributed by atoms with Crippen LogP contribution in [0.25, 0.3) is 10.8 Å². The number of benzene rings is 3. The van der Waals surface area contributed by atoms with Crippen molar-refractivity contribution in [1.82, 2.24) is 9.62 Å². The molecule has 2 fully saturated rings. The number of fused-ring (bicyclic) bond motifs is 1. The first-order chi connectivity index (χ1) is 15.0. The summed E-state index contributed by atoms with van der Waals surface area (Å²) >= 11 is 0. The van der Waals surface area contributed by atoms with Crippen LogP contribution < -0.4 is 9.62 Å². The van der Waals surface area contributed by atoms with E-state index in [9.17, 15) is 8.42 Å². The van der Waals surface area contributed by atoms with Gasteiger partial charge < -0.3 is 9.80 Å². The second-order valence-corrected chi connectivity index (χ2v) is 10.7. The molecule has 6 heteroatoms. The smallest absolute Gasteiger partial charge is 0.240 e. The molecule has 5 nitrogen and oxygen atoms in total. The fourth-order valence-corrected chi connectivity index (χ4v) is 5.78. The Morgan fingerprint density at radius 1 is 0.903 bits per heavy atom. The summed E-state index contributed by atoms with van der Waals surface area (Å²) < 4.78 is 29.2. The van der Waals surface area contributed by atoms with E-state index in [-0.39, 0.29) is 5.41 Å². The maximum atomic E-state index is 13.2. The lowest BCUT2D eigenvalue weighted by Crippen LogP contribution is -2.44. The lowest BCUT2D eigenvalue weighted by molar-refractivity contribution is 0.313. The van der Waals surface area contributed by atoms with Gasteiger partial charge in [0.25, 0.3) is 0 Å². The van der Waals surface area contributed by atoms with Crippen LogP contribution in [0.5, 0.6) is 0 Å². The highest BCUT2D eigenvalue weighted by molar-refractivity contribution is 7.89. The minimum Gasteiger partial charge on any atom is -0.369 e. The zero-order valence-electron chi connectivity index (χ0n) is 17.9. The van der Waals surface area contributed by atoms with Crippen LogP contribution in [0.15, 0.2) is 71.6 Å². The van der Waals surface area contributed by atoms with Crippen LogP contribution in [0.2, 0.25) is 0 Å². The standard InChI is InChI=1S/C25H29N3O2S/c1-27-14-16-28(17-15-27)21-8-5-9-22(18-21)31(29,30)26-19-25(12-13-25)24-11-4-7-20-6-2-3-10-23(20)24/h2-11,18,26H,12-17,19H2,1H3. The number of hydrogen-bond donors (Lipinski definition) is 1. The Kier molecular flexibility index (Phi) is 5.24. The van der Waals surface area contributed by atoms with Gasteiger partial charge in [-0.2, -0.15) is 0 Å². The van der Waals surface area contributed by atoms with E-state index in [0.717, 1.165) is 44.7 Å². The first-order valence-corrected chi connectivity index (χ1v) is 12.5. The van der Waals surface area contributed by atoms with Crippen molar-refractivity contribution in [2.24, 2.45) is 0 Å². The summed E-state index contributed by atoms with van der Waals surface area (Å²) in [6.45, 7) is 4.24. The quantitative estimate of drug-likeness (QED) is 0.643. The molecule has 0 spiro atoms. The Morgan fingerprint density at radius 3 is 2.39 bits per heavy atom. The van der Waals surface area contributed by atoms with Crippen LogP contribution in [-0.4, -0.2) is 53.1 Å². The van der Waals surface area contributed by atoms with Gasteiger partial charge in [-0.25, -0.2) is 13.1 Å². The molecule has 1 saturated carbocycles. The molecule has 1 N–H and O–H groups in total. The normalized spacial score (nSPS) is 18.9. The molecule has 0 amide bonds. The van der Waals surface area contributed by atoms with Crippen molar-refractivity contribution in [2.45, 2.75) is 23.2 Å². The summed E-state index contributed by atoms with van der Waals surface area (Å²) in [7, 11) is -1.46. The molecule has 1 saturated heterocycles. The number of hydrogen-bond acceptors (Lipinski definition) is 4. The summed E-state index contributed by atoms with van der Waals surface area (Å²) in [6.07, 6.45) is 2.01. The first kappa shape index (κ1) is 20.5. The summed E-state index contributed by atoms with van der Waals surface area (Å²) in [4.78, 5) is 4.90. The number of sulfonamides is 1. The monoisotopic (exact) mass is 435 g/mol. The molecule has 1 heterocycles.